The molecule has 4 heterocycles. The first-order chi connectivity index (χ1) is 21.1. The van der Waals surface area contributed by atoms with Crippen molar-refractivity contribution in [3.8, 4) is 28.9 Å². The van der Waals surface area contributed by atoms with Crippen molar-refractivity contribution in [1.29, 1.82) is 0 Å². The predicted octanol–water partition coefficient (Wildman–Crippen LogP) is 5.47. The number of benzene rings is 3. The number of hydrogen-bond acceptors (Lipinski definition) is 9. The molecule has 6 aromatic rings. The van der Waals surface area contributed by atoms with Crippen molar-refractivity contribution in [3.63, 3.8) is 0 Å². The van der Waals surface area contributed by atoms with E-state index >= 15 is 0 Å². The average Bonchev–Trinajstić information content (AvgIpc) is 3.63. The number of nitrogens with zero attached hydrogens (tertiary/aromatic N) is 7. The van der Waals surface area contributed by atoms with Gasteiger partial charge in [0.2, 0.25) is 11.8 Å². The van der Waals surface area contributed by atoms with Crippen LogP contribution in [0.15, 0.2) is 90.3 Å². The highest BCUT2D eigenvalue weighted by Crippen LogP contribution is 2.51. The summed E-state index contributed by atoms with van der Waals surface area (Å²) >= 11 is 0. The van der Waals surface area contributed by atoms with Gasteiger partial charge in [-0.1, -0.05) is 41.6 Å². The van der Waals surface area contributed by atoms with Crippen molar-refractivity contribution in [2.24, 2.45) is 5.16 Å². The number of aryl methyl sites for hydroxylation is 1. The normalized spacial score (nSPS) is 13.9. The van der Waals surface area contributed by atoms with Gasteiger partial charge in [0.1, 0.15) is 17.8 Å². The molecule has 0 unspecified atom stereocenters. The van der Waals surface area contributed by atoms with E-state index in [-0.39, 0.29) is 12.5 Å². The lowest BCUT2D eigenvalue weighted by Crippen LogP contribution is -2.16. The van der Waals surface area contributed by atoms with Crippen molar-refractivity contribution >= 4 is 11.9 Å². The number of fused-ring (bicyclic) bond motifs is 4. The lowest BCUT2D eigenvalue weighted by Gasteiger charge is -2.27. The van der Waals surface area contributed by atoms with E-state index in [1.54, 1.807) is 31.3 Å². The number of hydrogen-bond donors (Lipinski definition) is 0. The van der Waals surface area contributed by atoms with Crippen LogP contribution in [0.4, 0.5) is 0 Å². The maximum absolute atomic E-state index is 6.49. The summed E-state index contributed by atoms with van der Waals surface area (Å²) < 4.78 is 21.0. The fourth-order valence-corrected chi connectivity index (χ4v) is 5.33. The lowest BCUT2D eigenvalue weighted by atomic mass is 9.84. The lowest BCUT2D eigenvalue weighted by molar-refractivity contribution is 0.126. The number of para-hydroxylation sites is 2. The maximum atomic E-state index is 6.49. The Morgan fingerprint density at radius 3 is 2.49 bits per heavy atom. The van der Waals surface area contributed by atoms with Crippen molar-refractivity contribution in [3.05, 3.63) is 119 Å². The van der Waals surface area contributed by atoms with Gasteiger partial charge in [-0.3, -0.25) is 0 Å². The molecule has 0 N–H and O–H groups in total. The molecular formula is C32H27N7O4. The predicted molar refractivity (Wildman–Crippen MR) is 158 cm³/mol. The zero-order chi connectivity index (χ0) is 29.3. The Bertz CT molecular complexity index is 1950. The molecule has 214 valence electrons. The Labute approximate surface area is 246 Å². The quantitative estimate of drug-likeness (QED) is 0.174. The van der Waals surface area contributed by atoms with Crippen LogP contribution in [0, 0.1) is 6.92 Å². The molecule has 0 fully saturated rings. The van der Waals surface area contributed by atoms with E-state index in [1.165, 1.54) is 0 Å². The SMILES string of the molecule is COc1ccc(/C=N\OCc2nc3c4c(ncn3n2)Oc2c(c(C)nn2-c2ccccc2)[C@@H]4c2ccccc2OC)cc1. The molecule has 0 radical (unpaired) electrons. The number of oxime groups is 1. The third kappa shape index (κ3) is 4.70. The first-order valence-electron chi connectivity index (χ1n) is 13.6. The molecule has 0 spiro atoms. The summed E-state index contributed by atoms with van der Waals surface area (Å²) in [5.41, 5.74) is 5.77. The Morgan fingerprint density at radius 1 is 0.907 bits per heavy atom. The molecule has 43 heavy (non-hydrogen) atoms. The molecule has 11 heteroatoms. The van der Waals surface area contributed by atoms with Gasteiger partial charge >= 0.3 is 0 Å². The van der Waals surface area contributed by atoms with Gasteiger partial charge in [0.05, 0.1) is 48.9 Å². The molecule has 0 saturated heterocycles. The molecule has 0 bridgehead atoms. The van der Waals surface area contributed by atoms with Crippen LogP contribution in [0.25, 0.3) is 11.3 Å². The van der Waals surface area contributed by atoms with Gasteiger partial charge in [0.25, 0.3) is 0 Å². The fourth-order valence-electron chi connectivity index (χ4n) is 5.33. The van der Waals surface area contributed by atoms with Crippen LogP contribution in [0.1, 0.15) is 39.7 Å². The molecule has 1 aliphatic heterocycles. The zero-order valence-electron chi connectivity index (χ0n) is 23.7. The van der Waals surface area contributed by atoms with Crippen LogP contribution >= 0.6 is 0 Å². The van der Waals surface area contributed by atoms with Gasteiger partial charge in [-0.25, -0.2) is 19.2 Å². The van der Waals surface area contributed by atoms with E-state index < -0.39 is 0 Å². The first kappa shape index (κ1) is 26.2. The Kier molecular flexibility index (Phi) is 6.66. The summed E-state index contributed by atoms with van der Waals surface area (Å²) in [7, 11) is 3.29. The van der Waals surface area contributed by atoms with Crippen LogP contribution in [0.2, 0.25) is 0 Å². The second-order valence-corrected chi connectivity index (χ2v) is 9.87. The van der Waals surface area contributed by atoms with Gasteiger partial charge in [0, 0.05) is 5.56 Å². The second kappa shape index (κ2) is 10.9. The van der Waals surface area contributed by atoms with Crippen LogP contribution in [-0.2, 0) is 11.4 Å². The summed E-state index contributed by atoms with van der Waals surface area (Å²) in [5, 5.41) is 13.6. The average molecular weight is 574 g/mol. The summed E-state index contributed by atoms with van der Waals surface area (Å²) in [5.74, 6) is 2.63. The molecule has 0 amide bonds. The van der Waals surface area contributed by atoms with Gasteiger partial charge in [0.15, 0.2) is 18.1 Å². The molecule has 1 atom stereocenters. The van der Waals surface area contributed by atoms with Crippen molar-refractivity contribution < 1.29 is 19.0 Å². The third-order valence-corrected chi connectivity index (χ3v) is 7.30. The molecule has 3 aromatic heterocycles. The molecule has 0 aliphatic carbocycles. The van der Waals surface area contributed by atoms with Crippen molar-refractivity contribution in [2.45, 2.75) is 19.4 Å². The topological polar surface area (TPSA) is 110 Å². The summed E-state index contributed by atoms with van der Waals surface area (Å²) in [4.78, 5) is 15.0. The first-order valence-corrected chi connectivity index (χ1v) is 13.6. The Balaban J connectivity index is 1.29. The third-order valence-electron chi connectivity index (χ3n) is 7.30. The highest BCUT2D eigenvalue weighted by atomic mass is 16.6. The maximum Gasteiger partial charge on any atom is 0.230 e. The van der Waals surface area contributed by atoms with E-state index in [0.717, 1.165) is 45.1 Å². The Morgan fingerprint density at radius 2 is 1.70 bits per heavy atom. The highest BCUT2D eigenvalue weighted by molar-refractivity contribution is 5.79. The standard InChI is InChI=1S/C32H27N7O4/c1-20-27-28(24-11-7-8-12-25(24)41-3)29-30-35-26(18-42-34-17-21-13-15-23(40-2)16-14-21)37-38(30)19-33-31(29)43-32(27)39(36-20)22-9-5-4-6-10-22/h4-17,19,28H,18H2,1-3H3/b34-17-/t28-/m0/s1. The van der Waals surface area contributed by atoms with E-state index in [0.29, 0.717) is 23.2 Å². The largest absolute Gasteiger partial charge is 0.497 e. The second-order valence-electron chi connectivity index (χ2n) is 9.87. The molecule has 1 aliphatic rings. The monoisotopic (exact) mass is 573 g/mol. The minimum atomic E-state index is -0.338. The minimum absolute atomic E-state index is 0.0690. The van der Waals surface area contributed by atoms with Gasteiger partial charge in [-0.2, -0.15) is 5.10 Å². The van der Waals surface area contributed by atoms with Crippen LogP contribution in [-0.4, -0.2) is 49.8 Å². The molecule has 3 aromatic carbocycles. The molecule has 11 nitrogen and oxygen atoms in total. The number of methoxy groups -OCH3 is 2. The van der Waals surface area contributed by atoms with E-state index in [2.05, 4.69) is 15.2 Å². The van der Waals surface area contributed by atoms with Crippen LogP contribution in [0.5, 0.6) is 23.3 Å². The van der Waals surface area contributed by atoms with Crippen molar-refractivity contribution in [2.75, 3.05) is 14.2 Å². The van der Waals surface area contributed by atoms with Crippen LogP contribution < -0.4 is 14.2 Å². The highest BCUT2D eigenvalue weighted by Gasteiger charge is 2.39. The molecule has 0 saturated carbocycles. The van der Waals surface area contributed by atoms with Gasteiger partial charge in [-0.15, -0.1) is 5.10 Å². The Hall–Kier alpha value is -5.71. The van der Waals surface area contributed by atoms with Gasteiger partial charge < -0.3 is 19.0 Å². The van der Waals surface area contributed by atoms with E-state index in [4.69, 9.17) is 29.1 Å². The zero-order valence-corrected chi connectivity index (χ0v) is 23.7. The fraction of sp³-hybridized carbons (Fsp3) is 0.156. The number of rotatable bonds is 8. The minimum Gasteiger partial charge on any atom is -0.497 e. The number of aromatic nitrogens is 6. The van der Waals surface area contributed by atoms with E-state index in [1.807, 2.05) is 90.5 Å². The molecule has 7 rings (SSSR count). The smallest absolute Gasteiger partial charge is 0.230 e. The summed E-state index contributed by atoms with van der Waals surface area (Å²) in [6, 6.07) is 25.3. The van der Waals surface area contributed by atoms with Crippen LogP contribution in [0.3, 0.4) is 0 Å². The van der Waals surface area contributed by atoms with E-state index in [9.17, 15) is 0 Å². The molecular weight excluding hydrogens is 546 g/mol. The summed E-state index contributed by atoms with van der Waals surface area (Å²) in [6.07, 6.45) is 3.21. The van der Waals surface area contributed by atoms with Gasteiger partial charge in [-0.05, 0) is 55.0 Å². The van der Waals surface area contributed by atoms with Crippen molar-refractivity contribution in [1.82, 2.24) is 29.4 Å². The summed E-state index contributed by atoms with van der Waals surface area (Å²) in [6.45, 7) is 2.05. The number of ether oxygens (including phenoxy) is 3.